The van der Waals surface area contributed by atoms with E-state index in [1.165, 1.54) is 28.8 Å². The van der Waals surface area contributed by atoms with E-state index in [-0.39, 0.29) is 11.6 Å². The fourth-order valence-corrected chi connectivity index (χ4v) is 3.73. The Morgan fingerprint density at radius 1 is 1.27 bits per heavy atom. The molecule has 0 aromatic heterocycles. The largest absolute Gasteiger partial charge is 0.494 e. The topological polar surface area (TPSA) is 72.7 Å². The lowest BCUT2D eigenvalue weighted by atomic mass is 10.2. The molecule has 0 bridgehead atoms. The SMILES string of the molecule is CCOc1ccc(N2C(=O)C(=Cc3cccc([N+](=O)[O-])c3)SC2=S)cc1. The van der Waals surface area contributed by atoms with Crippen molar-refractivity contribution in [2.75, 3.05) is 11.5 Å². The van der Waals surface area contributed by atoms with Crippen LogP contribution in [0.25, 0.3) is 6.08 Å². The molecule has 1 aliphatic heterocycles. The molecule has 0 radical (unpaired) electrons. The lowest BCUT2D eigenvalue weighted by molar-refractivity contribution is -0.384. The third-order valence-electron chi connectivity index (χ3n) is 3.58. The lowest BCUT2D eigenvalue weighted by Crippen LogP contribution is -2.27. The number of non-ortho nitro benzene ring substituents is 1. The molecule has 0 N–H and O–H groups in total. The quantitative estimate of drug-likeness (QED) is 0.328. The van der Waals surface area contributed by atoms with Crippen LogP contribution < -0.4 is 9.64 Å². The molecule has 132 valence electrons. The third kappa shape index (κ3) is 3.76. The number of nitro benzene ring substituents is 1. The zero-order chi connectivity index (χ0) is 18.7. The van der Waals surface area contributed by atoms with Crippen molar-refractivity contribution in [2.24, 2.45) is 0 Å². The van der Waals surface area contributed by atoms with Crippen LogP contribution in [0.4, 0.5) is 11.4 Å². The van der Waals surface area contributed by atoms with Crippen molar-refractivity contribution in [3.05, 3.63) is 69.1 Å². The minimum Gasteiger partial charge on any atom is -0.494 e. The number of thioether (sulfide) groups is 1. The normalized spacial score (nSPS) is 15.6. The van der Waals surface area contributed by atoms with Gasteiger partial charge in [-0.15, -0.1) is 0 Å². The van der Waals surface area contributed by atoms with Gasteiger partial charge < -0.3 is 4.74 Å². The Hall–Kier alpha value is -2.71. The average Bonchev–Trinajstić information content (AvgIpc) is 2.90. The van der Waals surface area contributed by atoms with Crippen LogP contribution in [0.3, 0.4) is 0 Å². The predicted octanol–water partition coefficient (Wildman–Crippen LogP) is 4.40. The number of amides is 1. The molecule has 6 nitrogen and oxygen atoms in total. The molecule has 0 spiro atoms. The Labute approximate surface area is 159 Å². The Morgan fingerprint density at radius 3 is 2.65 bits per heavy atom. The van der Waals surface area contributed by atoms with Gasteiger partial charge in [-0.25, -0.2) is 0 Å². The summed E-state index contributed by atoms with van der Waals surface area (Å²) in [4.78, 5) is 25.0. The van der Waals surface area contributed by atoms with Gasteiger partial charge in [0.15, 0.2) is 4.32 Å². The number of hydrogen-bond acceptors (Lipinski definition) is 6. The summed E-state index contributed by atoms with van der Waals surface area (Å²) in [6.07, 6.45) is 1.61. The van der Waals surface area contributed by atoms with E-state index in [9.17, 15) is 14.9 Å². The molecule has 1 amide bonds. The van der Waals surface area contributed by atoms with Crippen LogP contribution in [0.15, 0.2) is 53.4 Å². The van der Waals surface area contributed by atoms with Gasteiger partial charge in [-0.3, -0.25) is 19.8 Å². The van der Waals surface area contributed by atoms with Gasteiger partial charge in [0.1, 0.15) is 5.75 Å². The lowest BCUT2D eigenvalue weighted by Gasteiger charge is -2.15. The zero-order valence-corrected chi connectivity index (χ0v) is 15.4. The number of rotatable bonds is 5. The fourth-order valence-electron chi connectivity index (χ4n) is 2.43. The van der Waals surface area contributed by atoms with Crippen molar-refractivity contribution in [1.82, 2.24) is 0 Å². The zero-order valence-electron chi connectivity index (χ0n) is 13.7. The van der Waals surface area contributed by atoms with E-state index in [4.69, 9.17) is 17.0 Å². The first kappa shape index (κ1) is 18.1. The second-order valence-electron chi connectivity index (χ2n) is 5.30. The van der Waals surface area contributed by atoms with Crippen LogP contribution >= 0.6 is 24.0 Å². The number of anilines is 1. The molecular formula is C18H14N2O4S2. The molecule has 0 aliphatic carbocycles. The summed E-state index contributed by atoms with van der Waals surface area (Å²) >= 11 is 6.50. The minimum absolute atomic E-state index is 0.0271. The highest BCUT2D eigenvalue weighted by Gasteiger charge is 2.33. The summed E-state index contributed by atoms with van der Waals surface area (Å²) in [6.45, 7) is 2.46. The number of hydrogen-bond donors (Lipinski definition) is 0. The maximum Gasteiger partial charge on any atom is 0.270 e. The summed E-state index contributed by atoms with van der Waals surface area (Å²) in [5, 5.41) is 10.9. The molecule has 0 atom stereocenters. The number of benzene rings is 2. The highest BCUT2D eigenvalue weighted by Crippen LogP contribution is 2.36. The fraction of sp³-hybridized carbons (Fsp3) is 0.111. The number of nitrogens with zero attached hydrogens (tertiary/aromatic N) is 2. The maximum atomic E-state index is 12.7. The Morgan fingerprint density at radius 2 is 2.00 bits per heavy atom. The van der Waals surface area contributed by atoms with Gasteiger partial charge in [0.05, 0.1) is 22.1 Å². The van der Waals surface area contributed by atoms with Crippen LogP contribution in [0.1, 0.15) is 12.5 Å². The number of carbonyl (C=O) groups excluding carboxylic acids is 1. The van der Waals surface area contributed by atoms with Gasteiger partial charge >= 0.3 is 0 Å². The summed E-state index contributed by atoms with van der Waals surface area (Å²) in [7, 11) is 0. The van der Waals surface area contributed by atoms with Crippen LogP contribution in [-0.4, -0.2) is 21.8 Å². The van der Waals surface area contributed by atoms with E-state index in [1.54, 1.807) is 42.5 Å². The van der Waals surface area contributed by atoms with Crippen LogP contribution in [-0.2, 0) is 4.79 Å². The second-order valence-corrected chi connectivity index (χ2v) is 6.97. The number of nitro groups is 1. The second kappa shape index (κ2) is 7.67. The van der Waals surface area contributed by atoms with E-state index in [1.807, 2.05) is 6.92 Å². The van der Waals surface area contributed by atoms with E-state index in [0.29, 0.717) is 32.8 Å². The van der Waals surface area contributed by atoms with Crippen LogP contribution in [0.5, 0.6) is 5.75 Å². The van der Waals surface area contributed by atoms with Gasteiger partial charge in [-0.2, -0.15) is 0 Å². The first-order valence-electron chi connectivity index (χ1n) is 7.75. The molecule has 2 aromatic rings. The molecule has 0 unspecified atom stereocenters. The molecule has 26 heavy (non-hydrogen) atoms. The Balaban J connectivity index is 1.86. The molecule has 1 saturated heterocycles. The predicted molar refractivity (Wildman–Crippen MR) is 106 cm³/mol. The summed E-state index contributed by atoms with van der Waals surface area (Å²) in [5.41, 5.74) is 1.20. The van der Waals surface area contributed by atoms with Crippen molar-refractivity contribution in [2.45, 2.75) is 6.92 Å². The Kier molecular flexibility index (Phi) is 5.34. The van der Waals surface area contributed by atoms with Gasteiger partial charge in [-0.05, 0) is 42.8 Å². The number of ether oxygens (including phenoxy) is 1. The highest BCUT2D eigenvalue weighted by atomic mass is 32.2. The average molecular weight is 386 g/mol. The van der Waals surface area contributed by atoms with Crippen LogP contribution in [0, 0.1) is 10.1 Å². The smallest absolute Gasteiger partial charge is 0.270 e. The summed E-state index contributed by atoms with van der Waals surface area (Å²) in [6, 6.07) is 13.2. The van der Waals surface area contributed by atoms with Gasteiger partial charge in [0, 0.05) is 12.1 Å². The van der Waals surface area contributed by atoms with Crippen molar-refractivity contribution >= 4 is 51.7 Å². The van der Waals surface area contributed by atoms with E-state index in [0.717, 1.165) is 0 Å². The van der Waals surface area contributed by atoms with E-state index >= 15 is 0 Å². The summed E-state index contributed by atoms with van der Waals surface area (Å²) < 4.78 is 5.81. The molecule has 2 aromatic carbocycles. The molecule has 1 fully saturated rings. The van der Waals surface area contributed by atoms with Gasteiger partial charge in [0.25, 0.3) is 11.6 Å². The Bertz CT molecular complexity index is 910. The molecule has 1 aliphatic rings. The molecule has 0 saturated carbocycles. The first-order chi connectivity index (χ1) is 12.5. The van der Waals surface area contributed by atoms with Crippen molar-refractivity contribution in [3.63, 3.8) is 0 Å². The monoisotopic (exact) mass is 386 g/mol. The molecule has 8 heteroatoms. The highest BCUT2D eigenvalue weighted by molar-refractivity contribution is 8.27. The maximum absolute atomic E-state index is 12.7. The summed E-state index contributed by atoms with van der Waals surface area (Å²) in [5.74, 6) is 0.462. The van der Waals surface area contributed by atoms with Gasteiger partial charge in [0.2, 0.25) is 0 Å². The molecular weight excluding hydrogens is 372 g/mol. The van der Waals surface area contributed by atoms with Crippen molar-refractivity contribution in [1.29, 1.82) is 0 Å². The van der Waals surface area contributed by atoms with Gasteiger partial charge in [-0.1, -0.05) is 36.1 Å². The van der Waals surface area contributed by atoms with E-state index < -0.39 is 4.92 Å². The molecule has 1 heterocycles. The van der Waals surface area contributed by atoms with Crippen molar-refractivity contribution < 1.29 is 14.5 Å². The number of carbonyl (C=O) groups is 1. The first-order valence-corrected chi connectivity index (χ1v) is 8.97. The number of thiocarbonyl (C=S) groups is 1. The van der Waals surface area contributed by atoms with Crippen molar-refractivity contribution in [3.8, 4) is 5.75 Å². The van der Waals surface area contributed by atoms with E-state index in [2.05, 4.69) is 0 Å². The minimum atomic E-state index is -0.470. The standard InChI is InChI=1S/C18H14N2O4S2/c1-2-24-15-8-6-13(7-9-15)19-17(21)16(26-18(19)25)11-12-4-3-5-14(10-12)20(22)23/h3-11H,2H2,1H3. The van der Waals surface area contributed by atoms with Crippen LogP contribution in [0.2, 0.25) is 0 Å². The molecule has 3 rings (SSSR count). The third-order valence-corrected chi connectivity index (χ3v) is 4.88.